The summed E-state index contributed by atoms with van der Waals surface area (Å²) in [6.07, 6.45) is 2.22. The number of fused-ring (bicyclic) bond motifs is 1. The zero-order valence-electron chi connectivity index (χ0n) is 8.25. The highest BCUT2D eigenvalue weighted by molar-refractivity contribution is 5.85. The molecule has 0 saturated carbocycles. The van der Waals surface area contributed by atoms with Crippen molar-refractivity contribution in [1.82, 2.24) is 4.98 Å². The van der Waals surface area contributed by atoms with Crippen molar-refractivity contribution in [2.45, 2.75) is 6.61 Å². The van der Waals surface area contributed by atoms with Crippen molar-refractivity contribution in [3.05, 3.63) is 35.7 Å². The molecule has 1 aromatic heterocycles. The molecule has 82 valence electrons. The second kappa shape index (κ2) is 4.16. The van der Waals surface area contributed by atoms with Gasteiger partial charge in [-0.1, -0.05) is 12.1 Å². The number of aromatic nitrogens is 1. The van der Waals surface area contributed by atoms with E-state index in [2.05, 4.69) is 4.98 Å². The Balaban J connectivity index is 2.47. The molecule has 1 heterocycles. The number of hydrogen-bond acceptors (Lipinski definition) is 4. The average molecular weight is 219 g/mol. The lowest BCUT2D eigenvalue weighted by atomic mass is 10.2. The molecule has 1 aromatic carbocycles. The number of aliphatic carboxylic acids is 1. The van der Waals surface area contributed by atoms with Crippen LogP contribution in [0.4, 0.5) is 0 Å². The van der Waals surface area contributed by atoms with Crippen LogP contribution in [0.2, 0.25) is 0 Å². The smallest absolute Gasteiger partial charge is 0.328 e. The molecular weight excluding hydrogens is 210 g/mol. The van der Waals surface area contributed by atoms with Crippen LogP contribution in [0, 0.1) is 0 Å². The summed E-state index contributed by atoms with van der Waals surface area (Å²) < 4.78 is 5.29. The second-order valence-electron chi connectivity index (χ2n) is 3.15. The Labute approximate surface area is 90.6 Å². The van der Waals surface area contributed by atoms with Gasteiger partial charge in [0.15, 0.2) is 5.58 Å². The summed E-state index contributed by atoms with van der Waals surface area (Å²) >= 11 is 0. The van der Waals surface area contributed by atoms with E-state index in [-0.39, 0.29) is 12.5 Å². The van der Waals surface area contributed by atoms with Crippen molar-refractivity contribution < 1.29 is 19.4 Å². The fourth-order valence-corrected chi connectivity index (χ4v) is 1.36. The average Bonchev–Trinajstić information content (AvgIpc) is 2.68. The Morgan fingerprint density at radius 3 is 3.00 bits per heavy atom. The van der Waals surface area contributed by atoms with Gasteiger partial charge in [0.05, 0.1) is 6.61 Å². The number of carbonyl (C=O) groups is 1. The zero-order chi connectivity index (χ0) is 11.5. The summed E-state index contributed by atoms with van der Waals surface area (Å²) in [7, 11) is 0. The number of aliphatic hydroxyl groups is 1. The molecule has 5 nitrogen and oxygen atoms in total. The van der Waals surface area contributed by atoms with Gasteiger partial charge >= 0.3 is 5.97 Å². The molecule has 0 aliphatic heterocycles. The highest BCUT2D eigenvalue weighted by Crippen LogP contribution is 2.20. The van der Waals surface area contributed by atoms with E-state index in [9.17, 15) is 4.79 Å². The Morgan fingerprint density at radius 1 is 1.50 bits per heavy atom. The van der Waals surface area contributed by atoms with Gasteiger partial charge in [0.1, 0.15) is 5.52 Å². The van der Waals surface area contributed by atoms with E-state index < -0.39 is 5.97 Å². The van der Waals surface area contributed by atoms with Gasteiger partial charge in [0, 0.05) is 17.7 Å². The summed E-state index contributed by atoms with van der Waals surface area (Å²) in [5, 5.41) is 17.5. The predicted octanol–water partition coefficient (Wildman–Crippen LogP) is 1.42. The van der Waals surface area contributed by atoms with Crippen LogP contribution in [-0.4, -0.2) is 21.2 Å². The molecule has 0 atom stereocenters. The standard InChI is InChI=1S/C11H9NO4/c13-6-7-2-1-3-8-11(7)12-9(16-8)4-5-10(14)15/h1-5,13H,6H2,(H,14,15)/b5-4+. The van der Waals surface area contributed by atoms with Gasteiger partial charge in [-0.3, -0.25) is 0 Å². The van der Waals surface area contributed by atoms with Crippen molar-refractivity contribution in [3.63, 3.8) is 0 Å². The molecule has 0 radical (unpaired) electrons. The van der Waals surface area contributed by atoms with Crippen molar-refractivity contribution in [3.8, 4) is 0 Å². The first-order chi connectivity index (χ1) is 7.70. The maximum absolute atomic E-state index is 10.3. The first-order valence-electron chi connectivity index (χ1n) is 4.61. The number of carboxylic acid groups (broad SMARTS) is 1. The van der Waals surface area contributed by atoms with Gasteiger partial charge in [0.2, 0.25) is 5.89 Å². The van der Waals surface area contributed by atoms with Crippen LogP contribution in [0.25, 0.3) is 17.2 Å². The minimum absolute atomic E-state index is 0.133. The van der Waals surface area contributed by atoms with E-state index in [4.69, 9.17) is 14.6 Å². The lowest BCUT2D eigenvalue weighted by Gasteiger charge is -1.93. The minimum Gasteiger partial charge on any atom is -0.478 e. The van der Waals surface area contributed by atoms with E-state index >= 15 is 0 Å². The van der Waals surface area contributed by atoms with E-state index in [1.165, 1.54) is 6.08 Å². The van der Waals surface area contributed by atoms with Crippen LogP contribution >= 0.6 is 0 Å². The van der Waals surface area contributed by atoms with Crippen LogP contribution < -0.4 is 0 Å². The predicted molar refractivity (Wildman–Crippen MR) is 56.6 cm³/mol. The molecule has 0 unspecified atom stereocenters. The van der Waals surface area contributed by atoms with Crippen LogP contribution in [0.15, 0.2) is 28.7 Å². The van der Waals surface area contributed by atoms with E-state index in [0.29, 0.717) is 16.7 Å². The third-order valence-corrected chi connectivity index (χ3v) is 2.06. The summed E-state index contributed by atoms with van der Waals surface area (Å²) in [5.74, 6) is -0.858. The first-order valence-corrected chi connectivity index (χ1v) is 4.61. The zero-order valence-corrected chi connectivity index (χ0v) is 8.25. The fourth-order valence-electron chi connectivity index (χ4n) is 1.36. The second-order valence-corrected chi connectivity index (χ2v) is 3.15. The highest BCUT2D eigenvalue weighted by atomic mass is 16.4. The van der Waals surface area contributed by atoms with Crippen molar-refractivity contribution in [2.24, 2.45) is 0 Å². The highest BCUT2D eigenvalue weighted by Gasteiger charge is 2.07. The Bertz CT molecular complexity index is 556. The SMILES string of the molecule is O=C(O)/C=C/c1nc2c(CO)cccc2o1. The number of para-hydroxylation sites is 1. The molecule has 0 saturated heterocycles. The number of hydrogen-bond donors (Lipinski definition) is 2. The molecule has 0 aliphatic carbocycles. The van der Waals surface area contributed by atoms with E-state index in [1.807, 2.05) is 0 Å². The number of aliphatic hydroxyl groups excluding tert-OH is 1. The summed E-state index contributed by atoms with van der Waals surface area (Å²) in [6.45, 7) is -0.133. The fraction of sp³-hybridized carbons (Fsp3) is 0.0909. The number of carboxylic acids is 1. The third kappa shape index (κ3) is 1.94. The van der Waals surface area contributed by atoms with E-state index in [1.54, 1.807) is 18.2 Å². The van der Waals surface area contributed by atoms with Crippen LogP contribution in [0.1, 0.15) is 11.5 Å². The third-order valence-electron chi connectivity index (χ3n) is 2.06. The molecule has 5 heteroatoms. The maximum Gasteiger partial charge on any atom is 0.328 e. The van der Waals surface area contributed by atoms with Gasteiger partial charge in [-0.25, -0.2) is 9.78 Å². The molecule has 0 fully saturated rings. The monoisotopic (exact) mass is 219 g/mol. The molecule has 0 amide bonds. The Kier molecular flexibility index (Phi) is 2.70. The molecule has 0 spiro atoms. The largest absolute Gasteiger partial charge is 0.478 e. The van der Waals surface area contributed by atoms with Crippen molar-refractivity contribution in [1.29, 1.82) is 0 Å². The number of nitrogens with zero attached hydrogens (tertiary/aromatic N) is 1. The van der Waals surface area contributed by atoms with Gasteiger partial charge < -0.3 is 14.6 Å². The molecule has 0 aliphatic rings. The van der Waals surface area contributed by atoms with Gasteiger partial charge in [-0.05, 0) is 6.07 Å². The maximum atomic E-state index is 10.3. The van der Waals surface area contributed by atoms with Crippen molar-refractivity contribution >= 4 is 23.1 Å². The molecule has 2 N–H and O–H groups in total. The first kappa shape index (κ1) is 10.4. The van der Waals surface area contributed by atoms with Crippen LogP contribution in [0.3, 0.4) is 0 Å². The molecule has 2 rings (SSSR count). The van der Waals surface area contributed by atoms with Gasteiger partial charge in [-0.15, -0.1) is 0 Å². The quantitative estimate of drug-likeness (QED) is 0.762. The van der Waals surface area contributed by atoms with Crippen LogP contribution in [-0.2, 0) is 11.4 Å². The topological polar surface area (TPSA) is 83.6 Å². The van der Waals surface area contributed by atoms with Crippen LogP contribution in [0.5, 0.6) is 0 Å². The lowest BCUT2D eigenvalue weighted by Crippen LogP contribution is -1.86. The van der Waals surface area contributed by atoms with Gasteiger partial charge in [0.25, 0.3) is 0 Å². The molecular formula is C11H9NO4. The van der Waals surface area contributed by atoms with Gasteiger partial charge in [-0.2, -0.15) is 0 Å². The Morgan fingerprint density at radius 2 is 2.31 bits per heavy atom. The molecule has 0 bridgehead atoms. The summed E-state index contributed by atoms with van der Waals surface area (Å²) in [5.41, 5.74) is 1.72. The summed E-state index contributed by atoms with van der Waals surface area (Å²) in [6, 6.07) is 5.18. The minimum atomic E-state index is -1.07. The number of rotatable bonds is 3. The number of oxazole rings is 1. The van der Waals surface area contributed by atoms with Crippen molar-refractivity contribution in [2.75, 3.05) is 0 Å². The lowest BCUT2D eigenvalue weighted by molar-refractivity contribution is -0.131. The molecule has 16 heavy (non-hydrogen) atoms. The number of benzene rings is 1. The van der Waals surface area contributed by atoms with E-state index in [0.717, 1.165) is 6.08 Å². The molecule has 2 aromatic rings. The summed E-state index contributed by atoms with van der Waals surface area (Å²) in [4.78, 5) is 14.4. The normalized spacial score (nSPS) is 11.3. The Hall–Kier alpha value is -2.14.